The Bertz CT molecular complexity index is 632. The molecular weight excluding hydrogens is 277 g/mol. The fourth-order valence-electron chi connectivity index (χ4n) is 1.35. The van der Waals surface area contributed by atoms with Crippen LogP contribution < -0.4 is 11.1 Å². The van der Waals surface area contributed by atoms with Gasteiger partial charge in [-0.2, -0.15) is 4.98 Å². The third-order valence-corrected chi connectivity index (χ3v) is 2.51. The minimum atomic E-state index is -0.712. The van der Waals surface area contributed by atoms with E-state index in [2.05, 4.69) is 15.3 Å². The first kappa shape index (κ1) is 13.0. The van der Waals surface area contributed by atoms with E-state index in [9.17, 15) is 14.5 Å². The summed E-state index contributed by atoms with van der Waals surface area (Å²) >= 11 is 5.80. The molecule has 1 aromatic carbocycles. The van der Waals surface area contributed by atoms with Gasteiger partial charge < -0.3 is 11.1 Å². The molecule has 9 heteroatoms. The first-order valence-corrected chi connectivity index (χ1v) is 5.35. The highest BCUT2D eigenvalue weighted by atomic mass is 35.5. The Balaban J connectivity index is 2.49. The van der Waals surface area contributed by atoms with E-state index in [0.29, 0.717) is 0 Å². The van der Waals surface area contributed by atoms with Crippen molar-refractivity contribution in [3.05, 3.63) is 45.4 Å². The van der Waals surface area contributed by atoms with Gasteiger partial charge >= 0.3 is 5.69 Å². The van der Waals surface area contributed by atoms with Crippen molar-refractivity contribution in [2.45, 2.75) is 0 Å². The number of para-hydroxylation sites is 1. The molecule has 0 radical (unpaired) electrons. The maximum Gasteiger partial charge on any atom is 0.329 e. The molecule has 0 aliphatic carbocycles. The van der Waals surface area contributed by atoms with Crippen LogP contribution >= 0.6 is 11.6 Å². The second-order valence-electron chi connectivity index (χ2n) is 3.44. The third kappa shape index (κ3) is 2.68. The number of aromatic nitrogens is 2. The highest BCUT2D eigenvalue weighted by Gasteiger charge is 2.19. The van der Waals surface area contributed by atoms with Gasteiger partial charge in [-0.05, 0) is 12.1 Å². The number of halogens is 2. The van der Waals surface area contributed by atoms with Crippen molar-refractivity contribution < 1.29 is 9.31 Å². The van der Waals surface area contributed by atoms with E-state index in [-0.39, 0.29) is 22.5 Å². The number of rotatable bonds is 3. The van der Waals surface area contributed by atoms with Crippen molar-refractivity contribution in [2.75, 3.05) is 11.1 Å². The lowest BCUT2D eigenvalue weighted by Crippen LogP contribution is -2.05. The van der Waals surface area contributed by atoms with Crippen molar-refractivity contribution in [2.24, 2.45) is 0 Å². The molecule has 0 spiro atoms. The van der Waals surface area contributed by atoms with E-state index in [1.165, 1.54) is 12.1 Å². The van der Waals surface area contributed by atoms with Gasteiger partial charge in [0, 0.05) is 0 Å². The monoisotopic (exact) mass is 283 g/mol. The third-order valence-electron chi connectivity index (χ3n) is 2.19. The van der Waals surface area contributed by atoms with Gasteiger partial charge in [-0.3, -0.25) is 10.1 Å². The zero-order valence-electron chi connectivity index (χ0n) is 9.30. The average molecular weight is 284 g/mol. The van der Waals surface area contributed by atoms with Gasteiger partial charge in [0.1, 0.15) is 12.0 Å². The van der Waals surface area contributed by atoms with Gasteiger partial charge in [-0.15, -0.1) is 0 Å². The summed E-state index contributed by atoms with van der Waals surface area (Å²) in [5, 5.41) is 13.3. The molecule has 98 valence electrons. The normalized spacial score (nSPS) is 10.2. The molecule has 0 unspecified atom stereocenters. The fraction of sp³-hybridized carbons (Fsp3) is 0. The van der Waals surface area contributed by atoms with E-state index >= 15 is 0 Å². The molecule has 19 heavy (non-hydrogen) atoms. The van der Waals surface area contributed by atoms with Crippen molar-refractivity contribution in [1.82, 2.24) is 9.97 Å². The molecule has 0 atom stereocenters. The van der Waals surface area contributed by atoms with Gasteiger partial charge in [-0.1, -0.05) is 17.7 Å². The zero-order valence-corrected chi connectivity index (χ0v) is 10.1. The summed E-state index contributed by atoms with van der Waals surface area (Å²) < 4.78 is 13.6. The number of hydrogen-bond acceptors (Lipinski definition) is 6. The largest absolute Gasteiger partial charge is 0.368 e. The summed E-state index contributed by atoms with van der Waals surface area (Å²) in [4.78, 5) is 17.3. The first-order valence-electron chi connectivity index (χ1n) is 4.97. The molecule has 0 aliphatic rings. The molecule has 3 N–H and O–H groups in total. The lowest BCUT2D eigenvalue weighted by Gasteiger charge is -2.08. The van der Waals surface area contributed by atoms with Gasteiger partial charge in [0.15, 0.2) is 0 Å². The summed E-state index contributed by atoms with van der Waals surface area (Å²) in [7, 11) is 0. The summed E-state index contributed by atoms with van der Waals surface area (Å²) in [6.07, 6.45) is 0.930. The van der Waals surface area contributed by atoms with Crippen molar-refractivity contribution in [3.8, 4) is 0 Å². The van der Waals surface area contributed by atoms with Crippen molar-refractivity contribution in [3.63, 3.8) is 0 Å². The molecule has 1 aromatic heterocycles. The molecule has 7 nitrogen and oxygen atoms in total. The van der Waals surface area contributed by atoms with E-state index < -0.39 is 16.4 Å². The molecule has 0 fully saturated rings. The Hall–Kier alpha value is -2.48. The SMILES string of the molecule is Nc1ncc([N+](=O)[O-])c(Nc2c(F)cccc2Cl)n1. The van der Waals surface area contributed by atoms with Crippen LogP contribution in [0.3, 0.4) is 0 Å². The van der Waals surface area contributed by atoms with Crippen molar-refractivity contribution in [1.29, 1.82) is 0 Å². The predicted molar refractivity (Wildman–Crippen MR) is 67.8 cm³/mol. The Labute approximate surface area is 111 Å². The molecule has 0 amide bonds. The number of nitrogens with two attached hydrogens (primary N) is 1. The molecule has 2 rings (SSSR count). The average Bonchev–Trinajstić information content (AvgIpc) is 2.33. The van der Waals surface area contributed by atoms with Crippen LogP contribution in [0, 0.1) is 15.9 Å². The summed E-state index contributed by atoms with van der Waals surface area (Å²) in [6.45, 7) is 0. The van der Waals surface area contributed by atoms with Crippen LogP contribution in [0.25, 0.3) is 0 Å². The van der Waals surface area contributed by atoms with Crippen LogP contribution in [0.15, 0.2) is 24.4 Å². The Morgan fingerprint density at radius 2 is 2.21 bits per heavy atom. The number of nitrogens with one attached hydrogen (secondary N) is 1. The molecule has 2 aromatic rings. The summed E-state index contributed by atoms with van der Waals surface area (Å²) in [5.74, 6) is -1.08. The number of nitrogen functional groups attached to an aromatic ring is 1. The highest BCUT2D eigenvalue weighted by molar-refractivity contribution is 6.33. The van der Waals surface area contributed by atoms with Gasteiger partial charge in [0.25, 0.3) is 0 Å². The van der Waals surface area contributed by atoms with E-state index in [1.54, 1.807) is 0 Å². The van der Waals surface area contributed by atoms with Crippen LogP contribution in [-0.2, 0) is 0 Å². The second-order valence-corrected chi connectivity index (χ2v) is 3.85. The first-order chi connectivity index (χ1) is 8.99. The number of nitrogens with zero attached hydrogens (tertiary/aromatic N) is 3. The Kier molecular flexibility index (Phi) is 3.43. The molecule has 1 heterocycles. The Morgan fingerprint density at radius 3 is 2.84 bits per heavy atom. The summed E-state index contributed by atoms with van der Waals surface area (Å²) in [6, 6.07) is 4.00. The standard InChI is InChI=1S/C10H7ClFN5O2/c11-5-2-1-3-6(12)8(5)15-9-7(17(18)19)4-14-10(13)16-9/h1-4H,(H3,13,14,15,16). The molecular formula is C10H7ClFN5O2. The molecule has 0 saturated heterocycles. The molecule has 0 saturated carbocycles. The van der Waals surface area contributed by atoms with Gasteiger partial charge in [0.05, 0.1) is 15.6 Å². The fourth-order valence-corrected chi connectivity index (χ4v) is 1.56. The molecule has 0 bridgehead atoms. The van der Waals surface area contributed by atoms with Gasteiger partial charge in [-0.25, -0.2) is 9.37 Å². The minimum absolute atomic E-state index is 0.0616. The topological polar surface area (TPSA) is 107 Å². The smallest absolute Gasteiger partial charge is 0.329 e. The number of hydrogen-bond donors (Lipinski definition) is 2. The lowest BCUT2D eigenvalue weighted by molar-refractivity contribution is -0.384. The van der Waals surface area contributed by atoms with E-state index in [1.807, 2.05) is 0 Å². The van der Waals surface area contributed by atoms with Crippen LogP contribution in [0.5, 0.6) is 0 Å². The second kappa shape index (κ2) is 5.02. The van der Waals surface area contributed by atoms with E-state index in [0.717, 1.165) is 12.3 Å². The van der Waals surface area contributed by atoms with Crippen LogP contribution in [0.4, 0.5) is 27.5 Å². The maximum absolute atomic E-state index is 13.6. The zero-order chi connectivity index (χ0) is 14.0. The van der Waals surface area contributed by atoms with Crippen molar-refractivity contribution >= 4 is 34.7 Å². The lowest BCUT2D eigenvalue weighted by atomic mass is 10.3. The van der Waals surface area contributed by atoms with Crippen LogP contribution in [-0.4, -0.2) is 14.9 Å². The van der Waals surface area contributed by atoms with Gasteiger partial charge in [0.2, 0.25) is 11.8 Å². The van der Waals surface area contributed by atoms with Crippen LogP contribution in [0.1, 0.15) is 0 Å². The predicted octanol–water partition coefficient (Wildman–Crippen LogP) is 2.50. The molecule has 0 aliphatic heterocycles. The number of benzene rings is 1. The minimum Gasteiger partial charge on any atom is -0.368 e. The highest BCUT2D eigenvalue weighted by Crippen LogP contribution is 2.31. The van der Waals surface area contributed by atoms with E-state index in [4.69, 9.17) is 17.3 Å². The number of nitro groups is 1. The Morgan fingerprint density at radius 1 is 1.47 bits per heavy atom. The summed E-state index contributed by atoms with van der Waals surface area (Å²) in [5.41, 5.74) is 4.79. The maximum atomic E-state index is 13.6. The number of anilines is 3. The quantitative estimate of drug-likeness (QED) is 0.662. The van der Waals surface area contributed by atoms with Crippen LogP contribution in [0.2, 0.25) is 5.02 Å².